The minimum absolute atomic E-state index is 0.183. The van der Waals surface area contributed by atoms with Crippen molar-refractivity contribution in [2.24, 2.45) is 11.8 Å². The van der Waals surface area contributed by atoms with Gasteiger partial charge in [-0.1, -0.05) is 27.7 Å². The van der Waals surface area contributed by atoms with Crippen LogP contribution in [0.4, 0.5) is 4.20 Å². The highest BCUT2D eigenvalue weighted by Crippen LogP contribution is 2.53. The molecule has 0 aromatic heterocycles. The van der Waals surface area contributed by atoms with Crippen LogP contribution in [-0.4, -0.2) is 12.2 Å². The predicted molar refractivity (Wildman–Crippen MR) is 75.4 cm³/mol. The minimum Gasteiger partial charge on any atom is -0.302 e. The van der Waals surface area contributed by atoms with Crippen LogP contribution in [0.2, 0.25) is 0 Å². The number of hydrogen-bond acceptors (Lipinski definition) is 3. The van der Waals surface area contributed by atoms with E-state index >= 15 is 0 Å². The summed E-state index contributed by atoms with van der Waals surface area (Å²) in [6, 6.07) is 0. The molecule has 0 rings (SSSR count). The van der Waals surface area contributed by atoms with Gasteiger partial charge in [0.1, 0.15) is 0 Å². The van der Waals surface area contributed by atoms with Crippen molar-refractivity contribution in [3.8, 4) is 0 Å². The van der Waals surface area contributed by atoms with Crippen molar-refractivity contribution in [1.82, 2.24) is 0 Å². The maximum atomic E-state index is 14.0. The first kappa shape index (κ1) is 17.5. The Hall–Kier alpha value is 0.500. The lowest BCUT2D eigenvalue weighted by Gasteiger charge is -2.23. The van der Waals surface area contributed by atoms with Gasteiger partial charge in [0.2, 0.25) is 0 Å². The Labute approximate surface area is 111 Å². The Bertz CT molecular complexity index is 237. The molecular formula is C12H26FO2PS. The molecule has 0 N–H and O–H groups in total. The van der Waals surface area contributed by atoms with Crippen molar-refractivity contribution in [1.29, 1.82) is 0 Å². The summed E-state index contributed by atoms with van der Waals surface area (Å²) in [6.45, 7) is 8.40. The predicted octanol–water partition coefficient (Wildman–Crippen LogP) is 5.08. The first-order valence-electron chi connectivity index (χ1n) is 6.29. The lowest BCUT2D eigenvalue weighted by molar-refractivity contribution is 0.117. The second-order valence-corrected chi connectivity index (χ2v) is 8.11. The van der Waals surface area contributed by atoms with E-state index in [1.54, 1.807) is 0 Å². The molecule has 5 heteroatoms. The highest BCUT2D eigenvalue weighted by Gasteiger charge is 2.25. The van der Waals surface area contributed by atoms with Gasteiger partial charge in [-0.3, -0.25) is 0 Å². The summed E-state index contributed by atoms with van der Waals surface area (Å²) in [5, 5.41) is 0. The van der Waals surface area contributed by atoms with Crippen molar-refractivity contribution < 1.29 is 13.2 Å². The maximum Gasteiger partial charge on any atom is 0.366 e. The van der Waals surface area contributed by atoms with E-state index in [9.17, 15) is 4.20 Å². The highest BCUT2D eigenvalue weighted by molar-refractivity contribution is 8.07. The van der Waals surface area contributed by atoms with Gasteiger partial charge in [-0.15, -0.1) is 0 Å². The van der Waals surface area contributed by atoms with Crippen LogP contribution >= 0.6 is 6.80 Å². The lowest BCUT2D eigenvalue weighted by atomic mass is 10.1. The van der Waals surface area contributed by atoms with E-state index in [2.05, 4.69) is 27.7 Å². The molecule has 0 radical (unpaired) electrons. The fraction of sp³-hybridized carbons (Fsp3) is 1.00. The number of rotatable bonds is 8. The zero-order valence-corrected chi connectivity index (χ0v) is 13.5. The molecule has 0 aliphatic rings. The molecule has 0 aliphatic carbocycles. The van der Waals surface area contributed by atoms with Crippen molar-refractivity contribution >= 4 is 18.6 Å². The van der Waals surface area contributed by atoms with Gasteiger partial charge in [0, 0.05) is 0 Å². The van der Waals surface area contributed by atoms with Crippen LogP contribution in [0.3, 0.4) is 0 Å². The van der Waals surface area contributed by atoms with E-state index in [0.717, 1.165) is 12.8 Å². The quantitative estimate of drug-likeness (QED) is 0.579. The molecule has 0 spiro atoms. The van der Waals surface area contributed by atoms with Crippen LogP contribution in [0.5, 0.6) is 0 Å². The molecule has 2 unspecified atom stereocenters. The summed E-state index contributed by atoms with van der Waals surface area (Å²) >= 11 is 4.80. The largest absolute Gasteiger partial charge is 0.366 e. The third-order valence-electron chi connectivity index (χ3n) is 2.22. The van der Waals surface area contributed by atoms with Crippen molar-refractivity contribution in [3.05, 3.63) is 0 Å². The zero-order chi connectivity index (χ0) is 13.6. The van der Waals surface area contributed by atoms with E-state index in [1.807, 2.05) is 13.8 Å². The van der Waals surface area contributed by atoms with Gasteiger partial charge in [0.05, 0.1) is 12.2 Å². The summed E-state index contributed by atoms with van der Waals surface area (Å²) in [5.41, 5.74) is 0. The van der Waals surface area contributed by atoms with Crippen molar-refractivity contribution in [2.75, 3.05) is 0 Å². The molecule has 0 heterocycles. The molecule has 0 fully saturated rings. The summed E-state index contributed by atoms with van der Waals surface area (Å²) in [6.07, 6.45) is 1.23. The Morgan fingerprint density at radius 1 is 0.882 bits per heavy atom. The third-order valence-corrected chi connectivity index (χ3v) is 3.96. The SMILES string of the molecule is CC(C)CC(C)OP(F)(=S)OC(C)CC(C)C. The van der Waals surface area contributed by atoms with Crippen LogP contribution in [0, 0.1) is 11.8 Å². The Morgan fingerprint density at radius 3 is 1.41 bits per heavy atom. The average molecular weight is 284 g/mol. The van der Waals surface area contributed by atoms with Crippen LogP contribution in [0.15, 0.2) is 0 Å². The molecule has 2 atom stereocenters. The Balaban J connectivity index is 4.14. The normalized spacial score (nSPS) is 19.4. The number of halogens is 1. The molecule has 0 saturated heterocycles. The van der Waals surface area contributed by atoms with Gasteiger partial charge in [-0.2, -0.15) is 4.20 Å². The minimum atomic E-state index is -3.58. The van der Waals surface area contributed by atoms with Gasteiger partial charge >= 0.3 is 6.80 Å². The summed E-state index contributed by atoms with van der Waals surface area (Å²) in [4.78, 5) is 0. The molecular weight excluding hydrogens is 258 g/mol. The smallest absolute Gasteiger partial charge is 0.302 e. The lowest BCUT2D eigenvalue weighted by Crippen LogP contribution is -2.13. The summed E-state index contributed by atoms with van der Waals surface area (Å²) in [5.74, 6) is 0.932. The fourth-order valence-corrected chi connectivity index (χ4v) is 3.83. The topological polar surface area (TPSA) is 18.5 Å². The molecule has 0 aromatic rings. The van der Waals surface area contributed by atoms with Gasteiger partial charge < -0.3 is 9.05 Å². The van der Waals surface area contributed by atoms with Gasteiger partial charge in [-0.25, -0.2) is 0 Å². The third kappa shape index (κ3) is 10.1. The fourth-order valence-electron chi connectivity index (χ4n) is 1.87. The van der Waals surface area contributed by atoms with Gasteiger partial charge in [0.25, 0.3) is 0 Å². The summed E-state index contributed by atoms with van der Waals surface area (Å²) in [7, 11) is 0. The van der Waals surface area contributed by atoms with Crippen molar-refractivity contribution in [2.45, 2.75) is 66.6 Å². The van der Waals surface area contributed by atoms with E-state index in [0.29, 0.717) is 11.8 Å². The number of hydrogen-bond donors (Lipinski definition) is 0. The second kappa shape index (κ2) is 7.83. The average Bonchev–Trinajstić information content (AvgIpc) is 1.95. The Kier molecular flexibility index (Phi) is 8.06. The van der Waals surface area contributed by atoms with E-state index in [1.165, 1.54) is 0 Å². The second-order valence-electron chi connectivity index (χ2n) is 5.52. The van der Waals surface area contributed by atoms with Crippen LogP contribution in [-0.2, 0) is 20.9 Å². The first-order chi connectivity index (χ1) is 7.62. The van der Waals surface area contributed by atoms with Crippen LogP contribution in [0.1, 0.15) is 54.4 Å². The molecule has 2 nitrogen and oxygen atoms in total. The van der Waals surface area contributed by atoms with E-state index in [4.69, 9.17) is 20.9 Å². The van der Waals surface area contributed by atoms with Crippen LogP contribution in [0.25, 0.3) is 0 Å². The molecule has 17 heavy (non-hydrogen) atoms. The molecule has 104 valence electrons. The molecule has 0 aromatic carbocycles. The summed E-state index contributed by atoms with van der Waals surface area (Å²) < 4.78 is 24.4. The first-order valence-corrected chi connectivity index (χ1v) is 8.81. The van der Waals surface area contributed by atoms with Gasteiger partial charge in [0.15, 0.2) is 0 Å². The molecule has 0 bridgehead atoms. The monoisotopic (exact) mass is 284 g/mol. The van der Waals surface area contributed by atoms with E-state index in [-0.39, 0.29) is 12.2 Å². The molecule has 0 amide bonds. The standard InChI is InChI=1S/C12H26FO2PS/c1-9(2)7-11(5)14-16(13,17)15-12(6)8-10(3)4/h9-12H,7-8H2,1-6H3. The molecule has 0 saturated carbocycles. The highest BCUT2D eigenvalue weighted by atomic mass is 32.5. The van der Waals surface area contributed by atoms with Crippen molar-refractivity contribution in [3.63, 3.8) is 0 Å². The van der Waals surface area contributed by atoms with E-state index < -0.39 is 6.80 Å². The van der Waals surface area contributed by atoms with Crippen LogP contribution < -0.4 is 0 Å². The molecule has 0 aliphatic heterocycles. The maximum absolute atomic E-state index is 14.0. The Morgan fingerprint density at radius 2 is 1.18 bits per heavy atom. The zero-order valence-electron chi connectivity index (χ0n) is 11.8. The van der Waals surface area contributed by atoms with Gasteiger partial charge in [-0.05, 0) is 50.3 Å².